The van der Waals surface area contributed by atoms with Crippen LogP contribution in [-0.2, 0) is 11.2 Å². The van der Waals surface area contributed by atoms with Crippen molar-refractivity contribution in [2.24, 2.45) is 0 Å². The minimum absolute atomic E-state index is 0.0147. The quantitative estimate of drug-likeness (QED) is 0.559. The van der Waals surface area contributed by atoms with Gasteiger partial charge in [-0.3, -0.25) is 9.69 Å². The van der Waals surface area contributed by atoms with Crippen LogP contribution in [0.25, 0.3) is 0 Å². The van der Waals surface area contributed by atoms with Crippen molar-refractivity contribution in [1.82, 2.24) is 15.5 Å². The average Bonchev–Trinajstić information content (AvgIpc) is 2.74. The van der Waals surface area contributed by atoms with Gasteiger partial charge in [-0.15, -0.1) is 0 Å². The molecule has 7 nitrogen and oxygen atoms in total. The van der Waals surface area contributed by atoms with Crippen molar-refractivity contribution in [3.63, 3.8) is 0 Å². The predicted octanol–water partition coefficient (Wildman–Crippen LogP) is 2.14. The molecule has 1 aromatic carbocycles. The van der Waals surface area contributed by atoms with E-state index < -0.39 is 24.6 Å². The number of carbonyl (C=O) groups excluding carboxylic acids is 1. The third kappa shape index (κ3) is 5.70. The number of nitrogens with zero attached hydrogens (tertiary/aromatic N) is 1. The van der Waals surface area contributed by atoms with Crippen LogP contribution in [-0.4, -0.2) is 64.4 Å². The summed E-state index contributed by atoms with van der Waals surface area (Å²) in [5, 5.41) is 23.1. The van der Waals surface area contributed by atoms with Crippen LogP contribution < -0.4 is 10.6 Å². The number of rotatable bonds is 7. The topological polar surface area (TPSA) is 102 Å². The zero-order valence-corrected chi connectivity index (χ0v) is 17.0. The van der Waals surface area contributed by atoms with Gasteiger partial charge in [0.15, 0.2) is 0 Å². The van der Waals surface area contributed by atoms with Crippen molar-refractivity contribution in [2.75, 3.05) is 19.7 Å². The predicted molar refractivity (Wildman–Crippen MR) is 111 cm³/mol. The van der Waals surface area contributed by atoms with Gasteiger partial charge < -0.3 is 20.8 Å². The maximum atomic E-state index is 12.3. The molecule has 3 rings (SSSR count). The monoisotopic (exact) mass is 403 g/mol. The van der Waals surface area contributed by atoms with Crippen molar-refractivity contribution in [2.45, 2.75) is 69.0 Å². The number of likely N-dealkylation sites (tertiary alicyclic amines) is 1. The number of piperidine rings is 1. The van der Waals surface area contributed by atoms with Gasteiger partial charge >= 0.3 is 6.09 Å². The van der Waals surface area contributed by atoms with Crippen LogP contribution in [0.1, 0.15) is 50.5 Å². The Kier molecular flexibility index (Phi) is 7.50. The van der Waals surface area contributed by atoms with E-state index in [4.69, 9.17) is 5.11 Å². The van der Waals surface area contributed by atoms with E-state index in [1.807, 2.05) is 6.07 Å². The molecule has 2 amide bonds. The highest BCUT2D eigenvalue weighted by Crippen LogP contribution is 2.38. The molecule has 7 heteroatoms. The molecule has 1 saturated carbocycles. The van der Waals surface area contributed by atoms with Crippen molar-refractivity contribution < 1.29 is 19.8 Å². The maximum absolute atomic E-state index is 12.3. The first-order valence-corrected chi connectivity index (χ1v) is 10.7. The first-order chi connectivity index (χ1) is 14.0. The van der Waals surface area contributed by atoms with E-state index >= 15 is 0 Å². The van der Waals surface area contributed by atoms with E-state index in [1.165, 1.54) is 24.8 Å². The van der Waals surface area contributed by atoms with E-state index in [1.54, 1.807) is 0 Å². The lowest BCUT2D eigenvalue weighted by Crippen LogP contribution is -2.57. The van der Waals surface area contributed by atoms with E-state index in [2.05, 4.69) is 39.8 Å². The third-order valence-corrected chi connectivity index (χ3v) is 6.46. The second-order valence-electron chi connectivity index (χ2n) is 8.40. The van der Waals surface area contributed by atoms with Crippen LogP contribution >= 0.6 is 0 Å². The Balaban J connectivity index is 1.64. The Morgan fingerprint density at radius 1 is 1.10 bits per heavy atom. The van der Waals surface area contributed by atoms with Gasteiger partial charge in [-0.25, -0.2) is 4.79 Å². The van der Waals surface area contributed by atoms with Crippen LogP contribution in [0.4, 0.5) is 4.79 Å². The summed E-state index contributed by atoms with van der Waals surface area (Å²) in [6.45, 7) is 1.73. The van der Waals surface area contributed by atoms with Gasteiger partial charge in [0, 0.05) is 11.6 Å². The molecule has 1 aliphatic carbocycles. The van der Waals surface area contributed by atoms with Crippen molar-refractivity contribution in [3.8, 4) is 0 Å². The molecule has 29 heavy (non-hydrogen) atoms. The highest BCUT2D eigenvalue weighted by atomic mass is 16.4. The van der Waals surface area contributed by atoms with Crippen molar-refractivity contribution >= 4 is 12.0 Å². The summed E-state index contributed by atoms with van der Waals surface area (Å²) in [5.74, 6) is -0.451. The molecule has 1 heterocycles. The Hall–Kier alpha value is -2.12. The Labute approximate surface area is 172 Å². The molecule has 4 N–H and O–H groups in total. The molecular formula is C22H33N3O4. The summed E-state index contributed by atoms with van der Waals surface area (Å²) in [6, 6.07) is 9.52. The number of hydrogen-bond donors (Lipinski definition) is 4. The smallest absolute Gasteiger partial charge is 0.405 e. The first-order valence-electron chi connectivity index (χ1n) is 10.7. The van der Waals surface area contributed by atoms with E-state index in [0.29, 0.717) is 0 Å². The Bertz CT molecular complexity index is 668. The van der Waals surface area contributed by atoms with Crippen LogP contribution in [0, 0.1) is 0 Å². The standard InChI is InChI=1S/C22H33N3O4/c26-16-19(24-21(28)29)20(27)23-18-9-11-22(12-10-18,25-13-5-2-6-14-25)15-17-7-3-1-4-8-17/h1,3-4,7-8,18-19,24,26H,2,5-6,9-16H2,(H,23,27)(H,28,29). The number of carboxylic acid groups (broad SMARTS) is 1. The van der Waals surface area contributed by atoms with E-state index in [-0.39, 0.29) is 11.6 Å². The number of nitrogens with one attached hydrogen (secondary N) is 2. The largest absolute Gasteiger partial charge is 0.465 e. The average molecular weight is 404 g/mol. The molecule has 0 spiro atoms. The fraction of sp³-hybridized carbons (Fsp3) is 0.636. The zero-order valence-electron chi connectivity index (χ0n) is 17.0. The lowest BCUT2D eigenvalue weighted by atomic mass is 9.73. The van der Waals surface area contributed by atoms with Gasteiger partial charge in [0.1, 0.15) is 6.04 Å². The minimum atomic E-state index is -1.31. The first kappa shape index (κ1) is 21.6. The number of carbonyl (C=O) groups is 2. The normalized spacial score (nSPS) is 26.4. The van der Waals surface area contributed by atoms with Gasteiger partial charge in [-0.1, -0.05) is 36.8 Å². The molecule has 1 saturated heterocycles. The number of aliphatic hydroxyl groups is 1. The van der Waals surface area contributed by atoms with Crippen molar-refractivity contribution in [1.29, 1.82) is 0 Å². The molecular weight excluding hydrogens is 370 g/mol. The van der Waals surface area contributed by atoms with Gasteiger partial charge in [-0.05, 0) is 63.6 Å². The molecule has 1 aliphatic heterocycles. The summed E-state index contributed by atoms with van der Waals surface area (Å²) in [5.41, 5.74) is 1.48. The molecule has 2 aliphatic rings. The van der Waals surface area contributed by atoms with E-state index in [0.717, 1.165) is 45.2 Å². The number of hydrogen-bond acceptors (Lipinski definition) is 4. The highest BCUT2D eigenvalue weighted by molar-refractivity contribution is 5.85. The summed E-state index contributed by atoms with van der Waals surface area (Å²) >= 11 is 0. The molecule has 0 aromatic heterocycles. The van der Waals surface area contributed by atoms with Crippen LogP contribution in [0.2, 0.25) is 0 Å². The molecule has 1 aromatic rings. The Morgan fingerprint density at radius 3 is 2.34 bits per heavy atom. The maximum Gasteiger partial charge on any atom is 0.405 e. The van der Waals surface area contributed by atoms with Crippen LogP contribution in [0.3, 0.4) is 0 Å². The summed E-state index contributed by atoms with van der Waals surface area (Å²) < 4.78 is 0. The van der Waals surface area contributed by atoms with E-state index in [9.17, 15) is 14.7 Å². The van der Waals surface area contributed by atoms with Gasteiger partial charge in [0.25, 0.3) is 0 Å². The highest BCUT2D eigenvalue weighted by Gasteiger charge is 2.41. The summed E-state index contributed by atoms with van der Waals surface area (Å²) in [7, 11) is 0. The van der Waals surface area contributed by atoms with Gasteiger partial charge in [0.2, 0.25) is 5.91 Å². The lowest BCUT2D eigenvalue weighted by Gasteiger charge is -2.50. The fourth-order valence-electron chi connectivity index (χ4n) is 4.89. The van der Waals surface area contributed by atoms with Crippen LogP contribution in [0.15, 0.2) is 30.3 Å². The molecule has 0 radical (unpaired) electrons. The third-order valence-electron chi connectivity index (χ3n) is 6.46. The number of amides is 2. The number of benzene rings is 1. The molecule has 2 fully saturated rings. The lowest BCUT2D eigenvalue weighted by molar-refractivity contribution is -0.125. The number of aliphatic hydroxyl groups excluding tert-OH is 1. The Morgan fingerprint density at radius 2 is 1.76 bits per heavy atom. The minimum Gasteiger partial charge on any atom is -0.465 e. The SMILES string of the molecule is O=C(O)NC(CO)C(=O)NC1CCC(Cc2ccccc2)(N2CCCCC2)CC1. The fourth-order valence-corrected chi connectivity index (χ4v) is 4.89. The van der Waals surface area contributed by atoms with Gasteiger partial charge in [-0.2, -0.15) is 0 Å². The second-order valence-corrected chi connectivity index (χ2v) is 8.40. The molecule has 160 valence electrons. The molecule has 1 atom stereocenters. The van der Waals surface area contributed by atoms with Crippen molar-refractivity contribution in [3.05, 3.63) is 35.9 Å². The summed E-state index contributed by atoms with van der Waals surface area (Å²) in [6.07, 6.45) is 7.23. The summed E-state index contributed by atoms with van der Waals surface area (Å²) in [4.78, 5) is 25.8. The van der Waals surface area contributed by atoms with Gasteiger partial charge in [0.05, 0.1) is 6.61 Å². The molecule has 0 bridgehead atoms. The second kappa shape index (κ2) is 10.1. The zero-order chi connectivity index (χ0) is 20.7. The van der Waals surface area contributed by atoms with Crippen LogP contribution in [0.5, 0.6) is 0 Å². The molecule has 1 unspecified atom stereocenters.